The highest BCUT2D eigenvalue weighted by Gasteiger charge is 2.30. The number of benzene rings is 1. The lowest BCUT2D eigenvalue weighted by atomic mass is 9.97. The second kappa shape index (κ2) is 7.53. The van der Waals surface area contributed by atoms with Crippen molar-refractivity contribution in [2.24, 2.45) is 10.9 Å². The largest absolute Gasteiger partial charge is 0.341 e. The Balaban J connectivity index is 1.59. The van der Waals surface area contributed by atoms with Gasteiger partial charge in [-0.2, -0.15) is 0 Å². The monoisotopic (exact) mass is 364 g/mol. The smallest absolute Gasteiger partial charge is 0.263 e. The summed E-state index contributed by atoms with van der Waals surface area (Å²) in [6, 6.07) is 6.66. The summed E-state index contributed by atoms with van der Waals surface area (Å²) in [7, 11) is -3.56. The Bertz CT molecular complexity index is 768. The standard InChI is InChI=1S/C17H24N4O3S/c1-2-18-11-13-7-9-21(10-8-13)16(22)12-19-17-14-5-3-4-6-15(14)25(23,24)20-17/h3-6,13,18H,2,7-12H2,1H3,(H,19,20). The average Bonchev–Trinajstić information content (AvgIpc) is 2.89. The van der Waals surface area contributed by atoms with E-state index in [0.717, 1.165) is 39.0 Å². The Hall–Kier alpha value is -1.93. The molecule has 25 heavy (non-hydrogen) atoms. The lowest BCUT2D eigenvalue weighted by Crippen LogP contribution is -2.42. The summed E-state index contributed by atoms with van der Waals surface area (Å²) in [6.45, 7) is 5.49. The normalized spacial score (nSPS) is 21.2. The third-order valence-electron chi connectivity index (χ3n) is 4.69. The third kappa shape index (κ3) is 4.01. The van der Waals surface area contributed by atoms with Gasteiger partial charge in [-0.25, -0.2) is 8.42 Å². The Labute approximate surface area is 148 Å². The van der Waals surface area contributed by atoms with Gasteiger partial charge in [-0.3, -0.25) is 14.5 Å². The molecule has 3 rings (SSSR count). The number of fused-ring (bicyclic) bond motifs is 1. The van der Waals surface area contributed by atoms with E-state index in [1.165, 1.54) is 6.07 Å². The van der Waals surface area contributed by atoms with Gasteiger partial charge in [-0.05, 0) is 44.0 Å². The molecule has 2 N–H and O–H groups in total. The van der Waals surface area contributed by atoms with E-state index < -0.39 is 10.0 Å². The van der Waals surface area contributed by atoms with Crippen LogP contribution in [0.3, 0.4) is 0 Å². The van der Waals surface area contributed by atoms with E-state index in [4.69, 9.17) is 0 Å². The van der Waals surface area contributed by atoms with Gasteiger partial charge in [0.15, 0.2) is 0 Å². The van der Waals surface area contributed by atoms with Gasteiger partial charge >= 0.3 is 0 Å². The van der Waals surface area contributed by atoms with Gasteiger partial charge in [0.1, 0.15) is 12.4 Å². The highest BCUT2D eigenvalue weighted by atomic mass is 32.2. The molecule has 2 aliphatic heterocycles. The van der Waals surface area contributed by atoms with Crippen molar-refractivity contribution < 1.29 is 13.2 Å². The van der Waals surface area contributed by atoms with Crippen molar-refractivity contribution in [3.05, 3.63) is 29.8 Å². The van der Waals surface area contributed by atoms with E-state index in [0.29, 0.717) is 11.5 Å². The minimum absolute atomic E-state index is 0.0376. The summed E-state index contributed by atoms with van der Waals surface area (Å²) < 4.78 is 26.5. The second-order valence-corrected chi connectivity index (χ2v) is 8.05. The Morgan fingerprint density at radius 2 is 2.04 bits per heavy atom. The maximum atomic E-state index is 12.4. The maximum absolute atomic E-state index is 12.4. The van der Waals surface area contributed by atoms with Crippen molar-refractivity contribution in [2.75, 3.05) is 32.7 Å². The van der Waals surface area contributed by atoms with Crippen LogP contribution >= 0.6 is 0 Å². The van der Waals surface area contributed by atoms with Crippen LogP contribution in [0.25, 0.3) is 0 Å². The van der Waals surface area contributed by atoms with Crippen molar-refractivity contribution >= 4 is 21.8 Å². The number of carbonyl (C=O) groups is 1. The van der Waals surface area contributed by atoms with Crippen LogP contribution in [-0.4, -0.2) is 57.8 Å². The zero-order valence-electron chi connectivity index (χ0n) is 14.4. The molecular formula is C17H24N4O3S. The van der Waals surface area contributed by atoms with E-state index in [1.54, 1.807) is 18.2 Å². The van der Waals surface area contributed by atoms with Gasteiger partial charge in [0.2, 0.25) is 5.91 Å². The lowest BCUT2D eigenvalue weighted by Gasteiger charge is -2.31. The first-order chi connectivity index (χ1) is 12.0. The Morgan fingerprint density at radius 3 is 2.76 bits per heavy atom. The number of likely N-dealkylation sites (tertiary alicyclic amines) is 1. The van der Waals surface area contributed by atoms with Crippen LogP contribution in [0.2, 0.25) is 0 Å². The van der Waals surface area contributed by atoms with Gasteiger partial charge in [0.25, 0.3) is 10.0 Å². The van der Waals surface area contributed by atoms with Crippen LogP contribution in [0.4, 0.5) is 0 Å². The summed E-state index contributed by atoms with van der Waals surface area (Å²) in [5.41, 5.74) is 0.527. The molecule has 0 bridgehead atoms. The zero-order valence-corrected chi connectivity index (χ0v) is 15.2. The predicted molar refractivity (Wildman–Crippen MR) is 96.0 cm³/mol. The molecule has 1 aromatic rings. The molecule has 0 spiro atoms. The minimum atomic E-state index is -3.56. The molecule has 2 heterocycles. The number of sulfonamides is 1. The molecule has 2 aliphatic rings. The summed E-state index contributed by atoms with van der Waals surface area (Å²) in [4.78, 5) is 18.6. The van der Waals surface area contributed by atoms with Crippen molar-refractivity contribution in [2.45, 2.75) is 24.7 Å². The fourth-order valence-electron chi connectivity index (χ4n) is 3.23. The summed E-state index contributed by atoms with van der Waals surface area (Å²) in [5, 5.41) is 3.35. The summed E-state index contributed by atoms with van der Waals surface area (Å²) >= 11 is 0. The minimum Gasteiger partial charge on any atom is -0.341 e. The first-order valence-corrected chi connectivity index (χ1v) is 10.1. The number of aliphatic imine (C=N–C) groups is 1. The number of nitrogens with one attached hydrogen (secondary N) is 2. The lowest BCUT2D eigenvalue weighted by molar-refractivity contribution is -0.130. The molecule has 1 aromatic carbocycles. The molecule has 0 radical (unpaired) electrons. The molecular weight excluding hydrogens is 340 g/mol. The maximum Gasteiger partial charge on any atom is 0.263 e. The van der Waals surface area contributed by atoms with Gasteiger partial charge in [-0.1, -0.05) is 19.1 Å². The van der Waals surface area contributed by atoms with Crippen molar-refractivity contribution in [3.8, 4) is 0 Å². The molecule has 0 aromatic heterocycles. The molecule has 7 nitrogen and oxygen atoms in total. The number of hydrogen-bond donors (Lipinski definition) is 2. The first-order valence-electron chi connectivity index (χ1n) is 8.66. The number of rotatable bonds is 5. The van der Waals surface area contributed by atoms with Gasteiger partial charge in [0.05, 0.1) is 4.90 Å². The Kier molecular flexibility index (Phi) is 5.39. The molecule has 1 saturated heterocycles. The average molecular weight is 364 g/mol. The van der Waals surface area contributed by atoms with Gasteiger partial charge in [0, 0.05) is 18.7 Å². The van der Waals surface area contributed by atoms with Crippen LogP contribution in [0.5, 0.6) is 0 Å². The highest BCUT2D eigenvalue weighted by Crippen LogP contribution is 2.22. The molecule has 0 atom stereocenters. The van der Waals surface area contributed by atoms with Crippen molar-refractivity contribution in [1.29, 1.82) is 0 Å². The van der Waals surface area contributed by atoms with E-state index in [-0.39, 0.29) is 23.2 Å². The third-order valence-corrected chi connectivity index (χ3v) is 6.08. The SMILES string of the molecule is CCNCC1CCN(C(=O)CN=C2NS(=O)(=O)c3ccccc32)CC1. The van der Waals surface area contributed by atoms with Gasteiger partial charge in [-0.15, -0.1) is 0 Å². The molecule has 0 aliphatic carbocycles. The van der Waals surface area contributed by atoms with Crippen molar-refractivity contribution in [3.63, 3.8) is 0 Å². The van der Waals surface area contributed by atoms with E-state index in [2.05, 4.69) is 22.0 Å². The van der Waals surface area contributed by atoms with E-state index in [1.807, 2.05) is 4.90 Å². The van der Waals surface area contributed by atoms with Crippen LogP contribution < -0.4 is 10.0 Å². The number of amidine groups is 1. The number of hydrogen-bond acceptors (Lipinski definition) is 5. The number of amides is 1. The Morgan fingerprint density at radius 1 is 1.32 bits per heavy atom. The highest BCUT2D eigenvalue weighted by molar-refractivity contribution is 7.90. The topological polar surface area (TPSA) is 90.9 Å². The zero-order chi connectivity index (χ0) is 17.9. The number of piperidine rings is 1. The molecule has 136 valence electrons. The quantitative estimate of drug-likeness (QED) is 0.799. The number of carbonyl (C=O) groups excluding carboxylic acids is 1. The second-order valence-electron chi connectivity index (χ2n) is 6.40. The fourth-order valence-corrected chi connectivity index (χ4v) is 4.48. The van der Waals surface area contributed by atoms with Gasteiger partial charge < -0.3 is 10.2 Å². The van der Waals surface area contributed by atoms with Crippen LogP contribution in [-0.2, 0) is 14.8 Å². The molecule has 0 unspecified atom stereocenters. The molecule has 8 heteroatoms. The molecule has 1 fully saturated rings. The fraction of sp³-hybridized carbons (Fsp3) is 0.529. The van der Waals surface area contributed by atoms with Crippen molar-refractivity contribution in [1.82, 2.24) is 14.9 Å². The number of nitrogens with zero attached hydrogens (tertiary/aromatic N) is 2. The van der Waals surface area contributed by atoms with E-state index in [9.17, 15) is 13.2 Å². The molecule has 0 saturated carbocycles. The van der Waals surface area contributed by atoms with Crippen LogP contribution in [0.1, 0.15) is 25.3 Å². The van der Waals surface area contributed by atoms with Crippen LogP contribution in [0.15, 0.2) is 34.2 Å². The van der Waals surface area contributed by atoms with E-state index >= 15 is 0 Å². The van der Waals surface area contributed by atoms with Crippen LogP contribution in [0, 0.1) is 5.92 Å². The summed E-state index contributed by atoms with van der Waals surface area (Å²) in [5.74, 6) is 0.813. The predicted octanol–water partition coefficient (Wildman–Crippen LogP) is 0.573. The molecule has 1 amide bonds. The summed E-state index contributed by atoms with van der Waals surface area (Å²) in [6.07, 6.45) is 1.98. The first kappa shape index (κ1) is 17.9.